The fourth-order valence-electron chi connectivity index (χ4n) is 3.27. The smallest absolute Gasteiger partial charge is 0.238 e. The predicted octanol–water partition coefficient (Wildman–Crippen LogP) is 2.16. The number of nitrogens with one attached hydrogen (secondary N) is 1. The number of ether oxygens (including phenoxy) is 1. The molecule has 0 atom stereocenters. The van der Waals surface area contributed by atoms with E-state index in [1.54, 1.807) is 0 Å². The molecule has 1 fully saturated rings. The van der Waals surface area contributed by atoms with Crippen molar-refractivity contribution in [3.05, 3.63) is 35.9 Å². The van der Waals surface area contributed by atoms with Gasteiger partial charge in [0.15, 0.2) is 0 Å². The van der Waals surface area contributed by atoms with Crippen LogP contribution in [-0.2, 0) is 4.79 Å². The number of aromatic nitrogens is 2. The molecule has 7 heteroatoms. The molecule has 7 nitrogen and oxygen atoms in total. The van der Waals surface area contributed by atoms with Crippen molar-refractivity contribution in [2.75, 3.05) is 52.2 Å². The number of rotatable bonds is 7. The zero-order valence-electron chi connectivity index (χ0n) is 16.4. The largest absolute Gasteiger partial charge is 0.476 e. The molecule has 2 heterocycles. The predicted molar refractivity (Wildman–Crippen MR) is 107 cm³/mol. The molecule has 0 radical (unpaired) electrons. The van der Waals surface area contributed by atoms with E-state index in [1.807, 2.05) is 53.9 Å². The van der Waals surface area contributed by atoms with Gasteiger partial charge in [0.1, 0.15) is 5.82 Å². The van der Waals surface area contributed by atoms with Crippen LogP contribution in [0.25, 0.3) is 5.69 Å². The molecule has 1 amide bonds. The SMILES string of the molecule is CNc1c(C)c(OCCCC(=O)N2CCN(C)CC2)nn1-c1ccccc1. The Balaban J connectivity index is 1.54. The first-order valence-electron chi connectivity index (χ1n) is 9.52. The minimum Gasteiger partial charge on any atom is -0.476 e. The van der Waals surface area contributed by atoms with Crippen LogP contribution in [0.5, 0.6) is 5.88 Å². The van der Waals surface area contributed by atoms with E-state index in [2.05, 4.69) is 22.4 Å². The summed E-state index contributed by atoms with van der Waals surface area (Å²) < 4.78 is 7.73. The number of carbonyl (C=O) groups is 1. The maximum Gasteiger partial charge on any atom is 0.238 e. The number of anilines is 1. The second-order valence-corrected chi connectivity index (χ2v) is 6.91. The summed E-state index contributed by atoms with van der Waals surface area (Å²) in [5.41, 5.74) is 1.94. The summed E-state index contributed by atoms with van der Waals surface area (Å²) in [4.78, 5) is 16.5. The van der Waals surface area contributed by atoms with Gasteiger partial charge in [0.05, 0.1) is 17.9 Å². The maximum absolute atomic E-state index is 12.3. The van der Waals surface area contributed by atoms with Crippen LogP contribution in [0.3, 0.4) is 0 Å². The molecule has 146 valence electrons. The molecule has 0 saturated carbocycles. The van der Waals surface area contributed by atoms with E-state index in [4.69, 9.17) is 4.74 Å². The van der Waals surface area contributed by atoms with Gasteiger partial charge in [-0.05, 0) is 32.5 Å². The number of benzene rings is 1. The summed E-state index contributed by atoms with van der Waals surface area (Å²) in [5.74, 6) is 1.73. The lowest BCUT2D eigenvalue weighted by Crippen LogP contribution is -2.47. The van der Waals surface area contributed by atoms with Crippen molar-refractivity contribution in [3.63, 3.8) is 0 Å². The Morgan fingerprint density at radius 2 is 1.89 bits per heavy atom. The first-order chi connectivity index (χ1) is 13.1. The average molecular weight is 371 g/mol. The third kappa shape index (κ3) is 4.60. The molecule has 2 aromatic rings. The summed E-state index contributed by atoms with van der Waals surface area (Å²) in [6.07, 6.45) is 1.21. The molecule has 1 aromatic carbocycles. The number of para-hydroxylation sites is 1. The molecule has 0 spiro atoms. The van der Waals surface area contributed by atoms with Crippen molar-refractivity contribution in [3.8, 4) is 11.6 Å². The first-order valence-corrected chi connectivity index (χ1v) is 9.52. The molecule has 1 N–H and O–H groups in total. The van der Waals surface area contributed by atoms with Gasteiger partial charge in [-0.2, -0.15) is 0 Å². The Morgan fingerprint density at radius 3 is 2.56 bits per heavy atom. The van der Waals surface area contributed by atoms with Gasteiger partial charge >= 0.3 is 0 Å². The molecule has 0 bridgehead atoms. The summed E-state index contributed by atoms with van der Waals surface area (Å²) in [7, 11) is 3.97. The highest BCUT2D eigenvalue weighted by atomic mass is 16.5. The van der Waals surface area contributed by atoms with E-state index in [0.29, 0.717) is 25.3 Å². The van der Waals surface area contributed by atoms with Crippen LogP contribution in [0.4, 0.5) is 5.82 Å². The number of nitrogens with zero attached hydrogens (tertiary/aromatic N) is 4. The normalized spacial score (nSPS) is 15.0. The van der Waals surface area contributed by atoms with E-state index in [0.717, 1.165) is 43.2 Å². The van der Waals surface area contributed by atoms with E-state index in [-0.39, 0.29) is 5.91 Å². The lowest BCUT2D eigenvalue weighted by molar-refractivity contribution is -0.133. The Morgan fingerprint density at radius 1 is 1.19 bits per heavy atom. The zero-order chi connectivity index (χ0) is 19.2. The zero-order valence-corrected chi connectivity index (χ0v) is 16.4. The van der Waals surface area contributed by atoms with Crippen LogP contribution in [0, 0.1) is 6.92 Å². The molecule has 1 aromatic heterocycles. The quantitative estimate of drug-likeness (QED) is 0.756. The van der Waals surface area contributed by atoms with Crippen LogP contribution in [0.1, 0.15) is 18.4 Å². The van der Waals surface area contributed by atoms with Crippen molar-refractivity contribution >= 4 is 11.7 Å². The second-order valence-electron chi connectivity index (χ2n) is 6.91. The van der Waals surface area contributed by atoms with Gasteiger partial charge < -0.3 is 19.9 Å². The number of amides is 1. The van der Waals surface area contributed by atoms with Gasteiger partial charge in [0.2, 0.25) is 11.8 Å². The van der Waals surface area contributed by atoms with Crippen LogP contribution in [0.2, 0.25) is 0 Å². The van der Waals surface area contributed by atoms with Crippen LogP contribution >= 0.6 is 0 Å². The van der Waals surface area contributed by atoms with Gasteiger partial charge in [-0.15, -0.1) is 5.10 Å². The summed E-state index contributed by atoms with van der Waals surface area (Å²) in [6.45, 7) is 6.01. The number of carbonyl (C=O) groups excluding carboxylic acids is 1. The Kier molecular flexibility index (Phi) is 6.34. The number of hydrogen-bond donors (Lipinski definition) is 1. The molecule has 1 aliphatic heterocycles. The van der Waals surface area contributed by atoms with Gasteiger partial charge in [0.25, 0.3) is 0 Å². The molecule has 1 saturated heterocycles. The summed E-state index contributed by atoms with van der Waals surface area (Å²) in [5, 5.41) is 7.79. The van der Waals surface area contributed by atoms with E-state index >= 15 is 0 Å². The molecule has 27 heavy (non-hydrogen) atoms. The van der Waals surface area contributed by atoms with Crippen LogP contribution < -0.4 is 10.1 Å². The minimum atomic E-state index is 0.217. The molecule has 1 aliphatic rings. The topological polar surface area (TPSA) is 62.6 Å². The van der Waals surface area contributed by atoms with Gasteiger partial charge in [0, 0.05) is 39.6 Å². The van der Waals surface area contributed by atoms with Crippen molar-refractivity contribution in [1.29, 1.82) is 0 Å². The third-order valence-electron chi connectivity index (χ3n) is 4.95. The molecular formula is C20H29N5O2. The van der Waals surface area contributed by atoms with Crippen molar-refractivity contribution in [2.45, 2.75) is 19.8 Å². The molecule has 0 unspecified atom stereocenters. The number of piperazine rings is 1. The summed E-state index contributed by atoms with van der Waals surface area (Å²) in [6, 6.07) is 9.96. The maximum atomic E-state index is 12.3. The molecular weight excluding hydrogens is 342 g/mol. The van der Waals surface area contributed by atoms with Crippen molar-refractivity contribution in [2.24, 2.45) is 0 Å². The highest BCUT2D eigenvalue weighted by Crippen LogP contribution is 2.27. The fourth-order valence-corrected chi connectivity index (χ4v) is 3.27. The fraction of sp³-hybridized carbons (Fsp3) is 0.500. The lowest BCUT2D eigenvalue weighted by Gasteiger charge is -2.32. The highest BCUT2D eigenvalue weighted by Gasteiger charge is 2.19. The highest BCUT2D eigenvalue weighted by molar-refractivity contribution is 5.76. The standard InChI is InChI=1S/C20H29N5O2/c1-16-19(21-2)25(17-8-5-4-6-9-17)22-20(16)27-15-7-10-18(26)24-13-11-23(3)12-14-24/h4-6,8-9,21H,7,10-15H2,1-3H3. The third-order valence-corrected chi connectivity index (χ3v) is 4.95. The Hall–Kier alpha value is -2.54. The van der Waals surface area contributed by atoms with E-state index in [9.17, 15) is 4.79 Å². The lowest BCUT2D eigenvalue weighted by atomic mass is 10.2. The molecule has 0 aliphatic carbocycles. The second kappa shape index (κ2) is 8.90. The number of hydrogen-bond acceptors (Lipinski definition) is 5. The monoisotopic (exact) mass is 371 g/mol. The van der Waals surface area contributed by atoms with Gasteiger partial charge in [-0.25, -0.2) is 4.68 Å². The van der Waals surface area contributed by atoms with E-state index < -0.39 is 0 Å². The van der Waals surface area contributed by atoms with Crippen molar-refractivity contribution < 1.29 is 9.53 Å². The van der Waals surface area contributed by atoms with Crippen LogP contribution in [0.15, 0.2) is 30.3 Å². The van der Waals surface area contributed by atoms with Crippen LogP contribution in [-0.4, -0.2) is 72.4 Å². The molecule has 3 rings (SSSR count). The Bertz CT molecular complexity index is 751. The first kappa shape index (κ1) is 19.2. The van der Waals surface area contributed by atoms with Crippen molar-refractivity contribution in [1.82, 2.24) is 19.6 Å². The average Bonchev–Trinajstić information content (AvgIpc) is 3.02. The number of likely N-dealkylation sites (N-methyl/N-ethyl adjacent to an activating group) is 1. The minimum absolute atomic E-state index is 0.217. The van der Waals surface area contributed by atoms with E-state index in [1.165, 1.54) is 0 Å². The Labute approximate surface area is 160 Å². The van der Waals surface area contributed by atoms with Gasteiger partial charge in [-0.1, -0.05) is 18.2 Å². The van der Waals surface area contributed by atoms with Gasteiger partial charge in [-0.3, -0.25) is 4.79 Å². The summed E-state index contributed by atoms with van der Waals surface area (Å²) >= 11 is 0.